The first kappa shape index (κ1) is 25.2. The molecular formula is C24H27F3N2O5. The minimum absolute atomic E-state index is 0.0646. The van der Waals surface area contributed by atoms with Crippen molar-refractivity contribution in [1.29, 1.82) is 0 Å². The quantitative estimate of drug-likeness (QED) is 0.588. The molecule has 1 saturated heterocycles. The standard InChI is InChI=1S/C24H27F3N2O5/c1-23(2,21(30)31)33-20-7-3-5-17(13-20)18-6-4-12-29(15-18)22(32)28-14-16-8-10-19(11-9-16)34-24(25,26)27/h3,5,7-11,13,18H,4,6,12,14-15H2,1-2H3,(H,28,32)(H,30,31). The van der Waals surface area contributed by atoms with E-state index >= 15 is 0 Å². The van der Waals surface area contributed by atoms with Crippen LogP contribution in [0.3, 0.4) is 0 Å². The van der Waals surface area contributed by atoms with Crippen molar-refractivity contribution in [2.75, 3.05) is 13.1 Å². The predicted molar refractivity (Wildman–Crippen MR) is 118 cm³/mol. The van der Waals surface area contributed by atoms with Crippen molar-refractivity contribution >= 4 is 12.0 Å². The largest absolute Gasteiger partial charge is 0.573 e. The minimum atomic E-state index is -4.75. The lowest BCUT2D eigenvalue weighted by Crippen LogP contribution is -2.44. The van der Waals surface area contributed by atoms with Crippen LogP contribution in [-0.2, 0) is 11.3 Å². The van der Waals surface area contributed by atoms with E-state index in [9.17, 15) is 27.9 Å². The van der Waals surface area contributed by atoms with Crippen molar-refractivity contribution in [3.63, 3.8) is 0 Å². The maximum Gasteiger partial charge on any atom is 0.573 e. The van der Waals surface area contributed by atoms with Gasteiger partial charge in [0, 0.05) is 25.6 Å². The number of likely N-dealkylation sites (tertiary alicyclic amines) is 1. The molecule has 1 atom stereocenters. The van der Waals surface area contributed by atoms with Gasteiger partial charge in [-0.1, -0.05) is 24.3 Å². The lowest BCUT2D eigenvalue weighted by Gasteiger charge is -2.33. The summed E-state index contributed by atoms with van der Waals surface area (Å²) in [6.45, 7) is 4.19. The topological polar surface area (TPSA) is 88.1 Å². The number of carbonyl (C=O) groups excluding carboxylic acids is 1. The number of nitrogens with zero attached hydrogens (tertiary/aromatic N) is 1. The molecule has 1 unspecified atom stereocenters. The van der Waals surface area contributed by atoms with Crippen LogP contribution in [0, 0.1) is 0 Å². The summed E-state index contributed by atoms with van der Waals surface area (Å²) in [6.07, 6.45) is -3.08. The van der Waals surface area contributed by atoms with Crippen LogP contribution >= 0.6 is 0 Å². The smallest absolute Gasteiger partial charge is 0.478 e. The van der Waals surface area contributed by atoms with Crippen LogP contribution in [0.1, 0.15) is 43.7 Å². The van der Waals surface area contributed by atoms with E-state index in [1.54, 1.807) is 23.1 Å². The van der Waals surface area contributed by atoms with E-state index in [4.69, 9.17) is 4.74 Å². The summed E-state index contributed by atoms with van der Waals surface area (Å²) in [7, 11) is 0. The van der Waals surface area contributed by atoms with Gasteiger partial charge >= 0.3 is 18.4 Å². The molecule has 0 bridgehead atoms. The highest BCUT2D eigenvalue weighted by Gasteiger charge is 2.31. The molecule has 0 aromatic heterocycles. The number of nitrogens with one attached hydrogen (secondary N) is 1. The summed E-state index contributed by atoms with van der Waals surface area (Å²) < 4.78 is 46.3. The third kappa shape index (κ3) is 7.03. The molecule has 0 aliphatic carbocycles. The second-order valence-electron chi connectivity index (χ2n) is 8.63. The summed E-state index contributed by atoms with van der Waals surface area (Å²) in [5.74, 6) is -0.875. The Balaban J connectivity index is 1.57. The third-order valence-corrected chi connectivity index (χ3v) is 5.53. The zero-order chi connectivity index (χ0) is 24.9. The molecule has 1 heterocycles. The van der Waals surface area contributed by atoms with E-state index in [2.05, 4.69) is 10.1 Å². The first-order valence-electron chi connectivity index (χ1n) is 10.8. The van der Waals surface area contributed by atoms with Crippen LogP contribution in [0.4, 0.5) is 18.0 Å². The molecule has 0 radical (unpaired) electrons. The first-order chi connectivity index (χ1) is 15.9. The Morgan fingerprint density at radius 2 is 1.79 bits per heavy atom. The Hall–Kier alpha value is -3.43. The summed E-state index contributed by atoms with van der Waals surface area (Å²) in [5.41, 5.74) is 0.229. The highest BCUT2D eigenvalue weighted by atomic mass is 19.4. The molecule has 1 aliphatic rings. The van der Waals surface area contributed by atoms with Crippen LogP contribution < -0.4 is 14.8 Å². The van der Waals surface area contributed by atoms with E-state index in [1.165, 1.54) is 38.1 Å². The summed E-state index contributed by atoms with van der Waals surface area (Å²) in [5, 5.41) is 12.1. The van der Waals surface area contributed by atoms with Crippen molar-refractivity contribution < 1.29 is 37.3 Å². The number of piperidine rings is 1. The Kier molecular flexibility index (Phi) is 7.58. The van der Waals surface area contributed by atoms with Crippen molar-refractivity contribution in [3.8, 4) is 11.5 Å². The second-order valence-corrected chi connectivity index (χ2v) is 8.63. The van der Waals surface area contributed by atoms with E-state index in [0.29, 0.717) is 24.4 Å². The maximum atomic E-state index is 12.7. The number of alkyl halides is 3. The van der Waals surface area contributed by atoms with Gasteiger partial charge in [0.2, 0.25) is 0 Å². The number of hydrogen-bond acceptors (Lipinski definition) is 4. The predicted octanol–water partition coefficient (Wildman–Crippen LogP) is 4.92. The fraction of sp³-hybridized carbons (Fsp3) is 0.417. The molecule has 0 saturated carbocycles. The number of rotatable bonds is 7. The zero-order valence-electron chi connectivity index (χ0n) is 18.9. The molecule has 2 aromatic carbocycles. The number of aliphatic carboxylic acids is 1. The van der Waals surface area contributed by atoms with Gasteiger partial charge < -0.3 is 24.8 Å². The fourth-order valence-electron chi connectivity index (χ4n) is 3.70. The molecule has 2 N–H and O–H groups in total. The monoisotopic (exact) mass is 480 g/mol. The number of carboxylic acids is 1. The SMILES string of the molecule is CC(C)(Oc1cccc(C2CCCN(C(=O)NCc3ccc(OC(F)(F)F)cc3)C2)c1)C(=O)O. The lowest BCUT2D eigenvalue weighted by atomic mass is 9.90. The van der Waals surface area contributed by atoms with Crippen LogP contribution in [0.15, 0.2) is 48.5 Å². The number of amides is 2. The van der Waals surface area contributed by atoms with Crippen molar-refractivity contribution in [2.24, 2.45) is 0 Å². The normalized spacial score (nSPS) is 16.6. The number of urea groups is 1. The van der Waals surface area contributed by atoms with Gasteiger partial charge in [-0.15, -0.1) is 13.2 Å². The number of hydrogen-bond donors (Lipinski definition) is 2. The number of carbonyl (C=O) groups is 2. The molecule has 184 valence electrons. The molecule has 10 heteroatoms. The van der Waals surface area contributed by atoms with Crippen LogP contribution in [-0.4, -0.2) is 47.1 Å². The Morgan fingerprint density at radius 3 is 2.44 bits per heavy atom. The highest BCUT2D eigenvalue weighted by Crippen LogP contribution is 2.30. The minimum Gasteiger partial charge on any atom is -0.478 e. The average molecular weight is 480 g/mol. The molecule has 34 heavy (non-hydrogen) atoms. The van der Waals surface area contributed by atoms with Crippen molar-refractivity contribution in [2.45, 2.75) is 51.1 Å². The van der Waals surface area contributed by atoms with Crippen LogP contribution in [0.25, 0.3) is 0 Å². The Bertz CT molecular complexity index is 1010. The average Bonchev–Trinajstić information content (AvgIpc) is 2.77. The fourth-order valence-corrected chi connectivity index (χ4v) is 3.70. The summed E-state index contributed by atoms with van der Waals surface area (Å²) in [4.78, 5) is 25.7. The van der Waals surface area contributed by atoms with Crippen LogP contribution in [0.5, 0.6) is 11.5 Å². The van der Waals surface area contributed by atoms with Gasteiger partial charge in [0.15, 0.2) is 5.60 Å². The highest BCUT2D eigenvalue weighted by molar-refractivity contribution is 5.76. The molecule has 0 spiro atoms. The lowest BCUT2D eigenvalue weighted by molar-refractivity contribution is -0.274. The number of ether oxygens (including phenoxy) is 2. The maximum absolute atomic E-state index is 12.7. The van der Waals surface area contributed by atoms with Gasteiger partial charge in [0.1, 0.15) is 11.5 Å². The van der Waals surface area contributed by atoms with Crippen LogP contribution in [0.2, 0.25) is 0 Å². The molecule has 2 aromatic rings. The molecular weight excluding hydrogens is 453 g/mol. The number of halogens is 3. The zero-order valence-corrected chi connectivity index (χ0v) is 18.9. The number of carboxylic acid groups (broad SMARTS) is 1. The Morgan fingerprint density at radius 1 is 1.09 bits per heavy atom. The third-order valence-electron chi connectivity index (χ3n) is 5.53. The van der Waals surface area contributed by atoms with Crippen molar-refractivity contribution in [1.82, 2.24) is 10.2 Å². The summed E-state index contributed by atoms with van der Waals surface area (Å²) in [6, 6.07) is 12.3. The number of benzene rings is 2. The molecule has 1 fully saturated rings. The van der Waals surface area contributed by atoms with Gasteiger partial charge in [-0.05, 0) is 62.1 Å². The van der Waals surface area contributed by atoms with Crippen molar-refractivity contribution in [3.05, 3.63) is 59.7 Å². The van der Waals surface area contributed by atoms with Gasteiger partial charge in [0.25, 0.3) is 0 Å². The van der Waals surface area contributed by atoms with E-state index in [0.717, 1.165) is 18.4 Å². The van der Waals surface area contributed by atoms with E-state index < -0.39 is 17.9 Å². The van der Waals surface area contributed by atoms with E-state index in [-0.39, 0.29) is 24.2 Å². The van der Waals surface area contributed by atoms with E-state index in [1.807, 2.05) is 6.07 Å². The van der Waals surface area contributed by atoms with Gasteiger partial charge in [-0.3, -0.25) is 0 Å². The second kappa shape index (κ2) is 10.2. The molecule has 1 aliphatic heterocycles. The Labute approximate surface area is 195 Å². The van der Waals surface area contributed by atoms with Gasteiger partial charge in [-0.2, -0.15) is 0 Å². The first-order valence-corrected chi connectivity index (χ1v) is 10.8. The van der Waals surface area contributed by atoms with Gasteiger partial charge in [-0.25, -0.2) is 9.59 Å². The molecule has 3 rings (SSSR count). The van der Waals surface area contributed by atoms with Gasteiger partial charge in [0.05, 0.1) is 0 Å². The molecule has 7 nitrogen and oxygen atoms in total. The molecule has 2 amide bonds. The summed E-state index contributed by atoms with van der Waals surface area (Å²) >= 11 is 0.